The van der Waals surface area contributed by atoms with Crippen LogP contribution in [0.25, 0.3) is 11.2 Å². The fraction of sp³-hybridized carbons (Fsp3) is 0.667. The fourth-order valence-corrected chi connectivity index (χ4v) is 4.15. The smallest absolute Gasteiger partial charge is 0.222 e. The van der Waals surface area contributed by atoms with Crippen molar-refractivity contribution in [2.24, 2.45) is 5.92 Å². The first kappa shape index (κ1) is 17.2. The first-order chi connectivity index (χ1) is 12.7. The third kappa shape index (κ3) is 3.65. The predicted molar refractivity (Wildman–Crippen MR) is 99.9 cm³/mol. The SMILES string of the molecule is CN1CCC[C@@H](CCC(=O)N2CCN(c3ncnc4nc[nH]c34)CC2)C1. The predicted octanol–water partition coefficient (Wildman–Crippen LogP) is 1.12. The molecule has 2 aliphatic rings. The molecule has 0 aromatic carbocycles. The van der Waals surface area contributed by atoms with E-state index in [9.17, 15) is 4.79 Å². The molecule has 0 radical (unpaired) electrons. The highest BCUT2D eigenvalue weighted by molar-refractivity contribution is 5.83. The number of fused-ring (bicyclic) bond motifs is 1. The monoisotopic (exact) mass is 357 g/mol. The maximum absolute atomic E-state index is 12.6. The summed E-state index contributed by atoms with van der Waals surface area (Å²) in [6.45, 7) is 5.42. The number of likely N-dealkylation sites (tertiary alicyclic amines) is 1. The van der Waals surface area contributed by atoms with Crippen molar-refractivity contribution in [3.63, 3.8) is 0 Å². The standard InChI is InChI=1S/C18H27N7O/c1-23-6-2-3-14(11-23)4-5-15(26)24-7-9-25(10-8-24)18-16-17(20-12-19-16)21-13-22-18/h12-14H,2-11H2,1H3,(H,19,20,21,22)/t14-/m0/s1. The molecule has 140 valence electrons. The van der Waals surface area contributed by atoms with Crippen molar-refractivity contribution in [2.75, 3.05) is 51.2 Å². The molecule has 1 atom stereocenters. The number of rotatable bonds is 4. The van der Waals surface area contributed by atoms with Crippen molar-refractivity contribution in [1.29, 1.82) is 0 Å². The Labute approximate surface area is 153 Å². The summed E-state index contributed by atoms with van der Waals surface area (Å²) in [4.78, 5) is 35.1. The normalized spacial score (nSPS) is 22.1. The van der Waals surface area contributed by atoms with Crippen LogP contribution in [-0.4, -0.2) is 82.0 Å². The van der Waals surface area contributed by atoms with Crippen LogP contribution in [0.5, 0.6) is 0 Å². The van der Waals surface area contributed by atoms with Gasteiger partial charge in [-0.3, -0.25) is 4.79 Å². The van der Waals surface area contributed by atoms with Gasteiger partial charge in [0, 0.05) is 39.1 Å². The molecular weight excluding hydrogens is 330 g/mol. The lowest BCUT2D eigenvalue weighted by Gasteiger charge is -2.36. The summed E-state index contributed by atoms with van der Waals surface area (Å²) in [7, 11) is 2.18. The van der Waals surface area contributed by atoms with Gasteiger partial charge in [0.05, 0.1) is 6.33 Å². The molecule has 4 rings (SSSR count). The molecule has 26 heavy (non-hydrogen) atoms. The molecule has 1 N–H and O–H groups in total. The molecule has 2 saturated heterocycles. The van der Waals surface area contributed by atoms with E-state index in [1.54, 1.807) is 12.7 Å². The minimum Gasteiger partial charge on any atom is -0.351 e. The van der Waals surface area contributed by atoms with E-state index in [1.165, 1.54) is 19.4 Å². The van der Waals surface area contributed by atoms with Gasteiger partial charge in [-0.15, -0.1) is 0 Å². The van der Waals surface area contributed by atoms with Crippen molar-refractivity contribution in [1.82, 2.24) is 29.7 Å². The number of anilines is 1. The lowest BCUT2D eigenvalue weighted by atomic mass is 9.93. The highest BCUT2D eigenvalue weighted by Gasteiger charge is 2.25. The quantitative estimate of drug-likeness (QED) is 0.883. The third-order valence-corrected chi connectivity index (χ3v) is 5.62. The molecule has 8 heteroatoms. The Hall–Kier alpha value is -2.22. The van der Waals surface area contributed by atoms with Gasteiger partial charge in [-0.05, 0) is 38.8 Å². The van der Waals surface area contributed by atoms with Crippen LogP contribution in [0.15, 0.2) is 12.7 Å². The largest absolute Gasteiger partial charge is 0.351 e. The Morgan fingerprint density at radius 3 is 2.85 bits per heavy atom. The first-order valence-corrected chi connectivity index (χ1v) is 9.56. The van der Waals surface area contributed by atoms with E-state index in [0.717, 1.165) is 50.5 Å². The molecule has 0 aliphatic carbocycles. The number of H-pyrrole nitrogens is 1. The average molecular weight is 357 g/mol. The lowest BCUT2D eigenvalue weighted by Crippen LogP contribution is -2.49. The van der Waals surface area contributed by atoms with Gasteiger partial charge < -0.3 is 19.7 Å². The number of carbonyl (C=O) groups is 1. The van der Waals surface area contributed by atoms with Gasteiger partial charge in [0.25, 0.3) is 0 Å². The van der Waals surface area contributed by atoms with Crippen LogP contribution in [0.4, 0.5) is 5.82 Å². The highest BCUT2D eigenvalue weighted by atomic mass is 16.2. The molecule has 2 aromatic rings. The number of hydrogen-bond donors (Lipinski definition) is 1. The summed E-state index contributed by atoms with van der Waals surface area (Å²) >= 11 is 0. The molecule has 2 aromatic heterocycles. The number of aromatic amines is 1. The summed E-state index contributed by atoms with van der Waals surface area (Å²) < 4.78 is 0. The molecule has 0 bridgehead atoms. The van der Waals surface area contributed by atoms with E-state index in [4.69, 9.17) is 0 Å². The average Bonchev–Trinajstić information content (AvgIpc) is 3.15. The summed E-state index contributed by atoms with van der Waals surface area (Å²) in [6, 6.07) is 0. The maximum atomic E-state index is 12.6. The van der Waals surface area contributed by atoms with Crippen LogP contribution in [0.1, 0.15) is 25.7 Å². The number of aromatic nitrogens is 4. The van der Waals surface area contributed by atoms with Crippen LogP contribution in [-0.2, 0) is 4.79 Å². The van der Waals surface area contributed by atoms with Gasteiger partial charge in [0.1, 0.15) is 11.8 Å². The molecular formula is C18H27N7O. The van der Waals surface area contributed by atoms with Crippen LogP contribution in [0, 0.1) is 5.92 Å². The zero-order valence-electron chi connectivity index (χ0n) is 15.4. The Kier molecular flexibility index (Phi) is 5.01. The topological polar surface area (TPSA) is 81.2 Å². The first-order valence-electron chi connectivity index (χ1n) is 9.56. The van der Waals surface area contributed by atoms with Gasteiger partial charge in [0.15, 0.2) is 11.5 Å². The number of piperidine rings is 1. The van der Waals surface area contributed by atoms with E-state index in [0.29, 0.717) is 23.9 Å². The van der Waals surface area contributed by atoms with E-state index < -0.39 is 0 Å². The Morgan fingerprint density at radius 2 is 2.04 bits per heavy atom. The van der Waals surface area contributed by atoms with Crippen molar-refractivity contribution >= 4 is 22.9 Å². The van der Waals surface area contributed by atoms with E-state index in [1.807, 2.05) is 4.90 Å². The van der Waals surface area contributed by atoms with Crippen molar-refractivity contribution in [3.05, 3.63) is 12.7 Å². The summed E-state index contributed by atoms with van der Waals surface area (Å²) in [6.07, 6.45) is 7.41. The molecule has 2 aliphatic heterocycles. The van der Waals surface area contributed by atoms with Gasteiger partial charge in [0.2, 0.25) is 5.91 Å². The summed E-state index contributed by atoms with van der Waals surface area (Å²) in [5.74, 6) is 1.85. The number of hydrogen-bond acceptors (Lipinski definition) is 6. The van der Waals surface area contributed by atoms with Gasteiger partial charge in [-0.2, -0.15) is 0 Å². The molecule has 0 saturated carbocycles. The Morgan fingerprint density at radius 1 is 1.19 bits per heavy atom. The van der Waals surface area contributed by atoms with Crippen LogP contribution < -0.4 is 4.90 Å². The van der Waals surface area contributed by atoms with E-state index in [2.05, 4.69) is 36.8 Å². The third-order valence-electron chi connectivity index (χ3n) is 5.62. The van der Waals surface area contributed by atoms with Gasteiger partial charge in [-0.25, -0.2) is 15.0 Å². The Balaban J connectivity index is 1.29. The molecule has 4 heterocycles. The molecule has 1 amide bonds. The number of nitrogens with one attached hydrogen (secondary N) is 1. The van der Waals surface area contributed by atoms with E-state index >= 15 is 0 Å². The number of imidazole rings is 1. The minimum absolute atomic E-state index is 0.298. The molecule has 0 unspecified atom stereocenters. The lowest BCUT2D eigenvalue weighted by molar-refractivity contribution is -0.131. The van der Waals surface area contributed by atoms with E-state index in [-0.39, 0.29) is 0 Å². The fourth-order valence-electron chi connectivity index (χ4n) is 4.15. The van der Waals surface area contributed by atoms with Crippen molar-refractivity contribution in [3.8, 4) is 0 Å². The molecule has 2 fully saturated rings. The second-order valence-electron chi connectivity index (χ2n) is 7.48. The number of piperazine rings is 1. The number of nitrogens with zero attached hydrogens (tertiary/aromatic N) is 6. The van der Waals surface area contributed by atoms with Crippen LogP contribution >= 0.6 is 0 Å². The zero-order chi connectivity index (χ0) is 17.9. The maximum Gasteiger partial charge on any atom is 0.222 e. The minimum atomic E-state index is 0.298. The van der Waals surface area contributed by atoms with Gasteiger partial charge >= 0.3 is 0 Å². The summed E-state index contributed by atoms with van der Waals surface area (Å²) in [5.41, 5.74) is 1.56. The van der Waals surface area contributed by atoms with Crippen molar-refractivity contribution in [2.45, 2.75) is 25.7 Å². The Bertz CT molecular complexity index is 753. The van der Waals surface area contributed by atoms with Crippen LogP contribution in [0.2, 0.25) is 0 Å². The number of amides is 1. The molecule has 8 nitrogen and oxygen atoms in total. The highest BCUT2D eigenvalue weighted by Crippen LogP contribution is 2.23. The summed E-state index contributed by atoms with van der Waals surface area (Å²) in [5, 5.41) is 0. The van der Waals surface area contributed by atoms with Crippen molar-refractivity contribution < 1.29 is 4.79 Å². The second-order valence-corrected chi connectivity index (χ2v) is 7.48. The van der Waals surface area contributed by atoms with Gasteiger partial charge in [-0.1, -0.05) is 0 Å². The second kappa shape index (κ2) is 7.57. The molecule has 0 spiro atoms. The number of carbonyl (C=O) groups excluding carboxylic acids is 1. The van der Waals surface area contributed by atoms with Crippen LogP contribution in [0.3, 0.4) is 0 Å². The zero-order valence-corrected chi connectivity index (χ0v) is 15.4.